The topological polar surface area (TPSA) is 72.7 Å². The fourth-order valence-electron chi connectivity index (χ4n) is 3.23. The molecule has 1 N–H and O–H groups in total. The van der Waals surface area contributed by atoms with E-state index in [-0.39, 0.29) is 28.1 Å². The van der Waals surface area contributed by atoms with Gasteiger partial charge in [0.25, 0.3) is 0 Å². The summed E-state index contributed by atoms with van der Waals surface area (Å²) in [6.07, 6.45) is 0.0759. The number of hydrogen-bond acceptors (Lipinski definition) is 4. The van der Waals surface area contributed by atoms with Crippen LogP contribution < -0.4 is 5.32 Å². The van der Waals surface area contributed by atoms with Crippen molar-refractivity contribution in [2.75, 3.05) is 5.32 Å². The summed E-state index contributed by atoms with van der Waals surface area (Å²) in [5.74, 6) is -0.438. The molecule has 2 aromatic heterocycles. The van der Waals surface area contributed by atoms with Gasteiger partial charge >= 0.3 is 0 Å². The first-order chi connectivity index (χ1) is 12.5. The van der Waals surface area contributed by atoms with Crippen molar-refractivity contribution in [2.24, 2.45) is 0 Å². The van der Waals surface area contributed by atoms with E-state index in [1.807, 2.05) is 0 Å². The number of nitrogens with one attached hydrogen (secondary N) is 1. The molecule has 26 heavy (non-hydrogen) atoms. The first kappa shape index (κ1) is 16.9. The van der Waals surface area contributed by atoms with E-state index in [9.17, 15) is 9.18 Å². The number of aryl methyl sites for hydroxylation is 1. The summed E-state index contributed by atoms with van der Waals surface area (Å²) in [5.41, 5.74) is 1.63. The molecule has 0 radical (unpaired) electrons. The molecular formula is C17H12Cl2FN5O. The van der Waals surface area contributed by atoms with E-state index in [2.05, 4.69) is 20.6 Å². The van der Waals surface area contributed by atoms with Crippen LogP contribution >= 0.6 is 23.2 Å². The number of carbonyl (C=O) groups is 1. The van der Waals surface area contributed by atoms with E-state index < -0.39 is 11.7 Å². The van der Waals surface area contributed by atoms with Gasteiger partial charge in [-0.25, -0.2) is 4.39 Å². The van der Waals surface area contributed by atoms with E-state index in [0.717, 1.165) is 0 Å². The number of fused-ring (bicyclic) bond motifs is 1. The third kappa shape index (κ3) is 2.73. The molecule has 0 saturated heterocycles. The molecular weight excluding hydrogens is 380 g/mol. The number of aromatic nitrogens is 4. The largest absolute Gasteiger partial charge is 0.310 e. The first-order valence-electron chi connectivity index (χ1n) is 7.78. The van der Waals surface area contributed by atoms with E-state index >= 15 is 0 Å². The van der Waals surface area contributed by atoms with Crippen LogP contribution in [0.2, 0.25) is 10.2 Å². The zero-order valence-electron chi connectivity index (χ0n) is 13.5. The minimum Gasteiger partial charge on any atom is -0.310 e. The minimum absolute atomic E-state index is 0.0759. The molecule has 1 aliphatic rings. The highest BCUT2D eigenvalue weighted by molar-refractivity contribution is 6.31. The van der Waals surface area contributed by atoms with E-state index in [1.54, 1.807) is 25.1 Å². The molecule has 0 spiro atoms. The second kappa shape index (κ2) is 6.34. The highest BCUT2D eigenvalue weighted by Gasteiger charge is 2.35. The van der Waals surface area contributed by atoms with Crippen molar-refractivity contribution in [1.29, 1.82) is 0 Å². The normalized spacial score (nSPS) is 16.3. The third-order valence-corrected chi connectivity index (χ3v) is 4.82. The van der Waals surface area contributed by atoms with Crippen LogP contribution in [0.15, 0.2) is 30.3 Å². The van der Waals surface area contributed by atoms with Crippen molar-refractivity contribution < 1.29 is 9.18 Å². The molecule has 0 saturated carbocycles. The summed E-state index contributed by atoms with van der Waals surface area (Å²) in [6, 6.07) is 7.68. The van der Waals surface area contributed by atoms with Gasteiger partial charge in [-0.1, -0.05) is 29.3 Å². The Hall–Kier alpha value is -2.51. The molecule has 1 aliphatic heterocycles. The summed E-state index contributed by atoms with van der Waals surface area (Å²) in [5, 5.41) is 15.6. The highest BCUT2D eigenvalue weighted by Crippen LogP contribution is 2.43. The van der Waals surface area contributed by atoms with Gasteiger partial charge in [0, 0.05) is 28.5 Å². The molecule has 1 aromatic carbocycles. The number of anilines is 1. The third-order valence-electron chi connectivity index (χ3n) is 4.29. The van der Waals surface area contributed by atoms with Crippen molar-refractivity contribution in [1.82, 2.24) is 20.0 Å². The molecule has 0 bridgehead atoms. The van der Waals surface area contributed by atoms with Crippen LogP contribution in [0, 0.1) is 12.7 Å². The van der Waals surface area contributed by atoms with Crippen LogP contribution in [0.5, 0.6) is 0 Å². The number of nitrogens with zero attached hydrogens (tertiary/aromatic N) is 4. The van der Waals surface area contributed by atoms with Gasteiger partial charge in [0.15, 0.2) is 11.0 Å². The van der Waals surface area contributed by atoms with Gasteiger partial charge in [0.05, 0.1) is 5.69 Å². The lowest BCUT2D eigenvalue weighted by Crippen LogP contribution is -2.25. The van der Waals surface area contributed by atoms with Gasteiger partial charge in [0.2, 0.25) is 5.91 Å². The standard InChI is InChI=1S/C17H12Cl2FN5O/c1-8-15-9(16-10(18)3-2-4-11(16)20)7-14(26)21-17(15)25(24-8)13-6-5-12(19)22-23-13/h2-6,9H,7H2,1H3,(H,21,26). The van der Waals surface area contributed by atoms with Gasteiger partial charge in [0.1, 0.15) is 11.6 Å². The number of benzene rings is 1. The second-order valence-electron chi connectivity index (χ2n) is 5.91. The molecule has 0 aliphatic carbocycles. The maximum Gasteiger partial charge on any atom is 0.226 e. The van der Waals surface area contributed by atoms with Crippen LogP contribution in [0.4, 0.5) is 10.2 Å². The van der Waals surface area contributed by atoms with Crippen LogP contribution in [-0.2, 0) is 4.79 Å². The molecule has 1 amide bonds. The Kier molecular flexibility index (Phi) is 4.13. The summed E-state index contributed by atoms with van der Waals surface area (Å²) in [4.78, 5) is 12.3. The number of amides is 1. The van der Waals surface area contributed by atoms with Crippen LogP contribution in [0.3, 0.4) is 0 Å². The zero-order valence-corrected chi connectivity index (χ0v) is 15.0. The predicted molar refractivity (Wildman–Crippen MR) is 95.4 cm³/mol. The van der Waals surface area contributed by atoms with Gasteiger partial charge in [-0.2, -0.15) is 9.78 Å². The SMILES string of the molecule is Cc1nn(-c2ccc(Cl)nn2)c2c1C(c1c(F)cccc1Cl)CC(=O)N2. The fraction of sp³-hybridized carbons (Fsp3) is 0.176. The summed E-state index contributed by atoms with van der Waals surface area (Å²) >= 11 is 12.0. The van der Waals surface area contributed by atoms with Gasteiger partial charge in [-0.3, -0.25) is 4.79 Å². The van der Waals surface area contributed by atoms with Crippen molar-refractivity contribution in [3.63, 3.8) is 0 Å². The first-order valence-corrected chi connectivity index (χ1v) is 8.54. The molecule has 4 rings (SSSR count). The Morgan fingerprint density at radius 3 is 2.69 bits per heavy atom. The van der Waals surface area contributed by atoms with Crippen molar-refractivity contribution >= 4 is 34.9 Å². The van der Waals surface area contributed by atoms with Gasteiger partial charge in [-0.05, 0) is 31.2 Å². The van der Waals surface area contributed by atoms with Gasteiger partial charge in [-0.15, -0.1) is 10.2 Å². The van der Waals surface area contributed by atoms with Crippen LogP contribution in [0.1, 0.15) is 29.2 Å². The molecule has 0 fully saturated rings. The Morgan fingerprint density at radius 1 is 1.19 bits per heavy atom. The number of rotatable bonds is 2. The Labute approximate surface area is 157 Å². The second-order valence-corrected chi connectivity index (χ2v) is 6.71. The summed E-state index contributed by atoms with van der Waals surface area (Å²) in [6.45, 7) is 1.79. The van der Waals surface area contributed by atoms with E-state index in [4.69, 9.17) is 23.2 Å². The Balaban J connectivity index is 1.92. The summed E-state index contributed by atoms with van der Waals surface area (Å²) in [7, 11) is 0. The molecule has 132 valence electrons. The fourth-order valence-corrected chi connectivity index (χ4v) is 3.62. The zero-order chi connectivity index (χ0) is 18.4. The van der Waals surface area contributed by atoms with Crippen molar-refractivity contribution in [3.05, 3.63) is 63.1 Å². The maximum atomic E-state index is 14.5. The lowest BCUT2D eigenvalue weighted by atomic mass is 9.85. The average molecular weight is 392 g/mol. The van der Waals surface area contributed by atoms with Crippen molar-refractivity contribution in [3.8, 4) is 5.82 Å². The average Bonchev–Trinajstić information content (AvgIpc) is 2.92. The monoisotopic (exact) mass is 391 g/mol. The quantitative estimate of drug-likeness (QED) is 0.718. The molecule has 3 heterocycles. The molecule has 1 unspecified atom stereocenters. The number of hydrogen-bond donors (Lipinski definition) is 1. The van der Waals surface area contributed by atoms with Gasteiger partial charge < -0.3 is 5.32 Å². The number of halogens is 3. The summed E-state index contributed by atoms with van der Waals surface area (Å²) < 4.78 is 15.9. The predicted octanol–water partition coefficient (Wildman–Crippen LogP) is 3.89. The smallest absolute Gasteiger partial charge is 0.226 e. The Bertz CT molecular complexity index is 998. The Morgan fingerprint density at radius 2 is 2.00 bits per heavy atom. The number of carbonyl (C=O) groups excluding carboxylic acids is 1. The van der Waals surface area contributed by atoms with Crippen LogP contribution in [0.25, 0.3) is 5.82 Å². The van der Waals surface area contributed by atoms with Crippen molar-refractivity contribution in [2.45, 2.75) is 19.3 Å². The lowest BCUT2D eigenvalue weighted by molar-refractivity contribution is -0.116. The van der Waals surface area contributed by atoms with Crippen LogP contribution in [-0.4, -0.2) is 25.9 Å². The van der Waals surface area contributed by atoms with E-state index in [0.29, 0.717) is 22.9 Å². The lowest BCUT2D eigenvalue weighted by Gasteiger charge is -2.25. The molecule has 3 aromatic rings. The molecule has 6 nitrogen and oxygen atoms in total. The van der Waals surface area contributed by atoms with E-state index in [1.165, 1.54) is 16.8 Å². The molecule has 9 heteroatoms. The molecule has 1 atom stereocenters. The maximum absolute atomic E-state index is 14.5. The highest BCUT2D eigenvalue weighted by atomic mass is 35.5. The minimum atomic E-state index is -0.540.